The van der Waals surface area contributed by atoms with Gasteiger partial charge in [0.1, 0.15) is 0 Å². The van der Waals surface area contributed by atoms with Crippen LogP contribution in [-0.4, -0.2) is 34.5 Å². The molecule has 1 aliphatic rings. The molecule has 0 spiro atoms. The van der Waals surface area contributed by atoms with Crippen LogP contribution in [0.1, 0.15) is 74.8 Å². The average molecular weight is 580 g/mol. The van der Waals surface area contributed by atoms with Crippen LogP contribution < -0.4 is 0 Å². The lowest BCUT2D eigenvalue weighted by atomic mass is 9.76. The topological polar surface area (TPSA) is 40.5 Å². The zero-order valence-electron chi connectivity index (χ0n) is 22.4. The summed E-state index contributed by atoms with van der Waals surface area (Å²) >= 11 is 0. The molecule has 1 saturated heterocycles. The molecule has 0 bridgehead atoms. The molecule has 0 saturated carbocycles. The van der Waals surface area contributed by atoms with Gasteiger partial charge in [0.15, 0.2) is 0 Å². The third kappa shape index (κ3) is 8.17. The first kappa shape index (κ1) is 31.8. The van der Waals surface area contributed by atoms with Crippen molar-refractivity contribution in [2.45, 2.75) is 83.2 Å². The molecule has 3 rings (SSSR count). The van der Waals surface area contributed by atoms with E-state index in [1.54, 1.807) is 4.90 Å². The SMILES string of the molecule is CC(C)(C)C[C@@H](CCc1ccc(C(F)(F)F)cc1)N1CCC(F)(F)[C@H](CC(=O)O)[C@H]1c1ccc(C(F)(F)F)cc1. The first-order valence-electron chi connectivity index (χ1n) is 13.0. The van der Waals surface area contributed by atoms with Crippen molar-refractivity contribution in [3.8, 4) is 0 Å². The van der Waals surface area contributed by atoms with E-state index in [4.69, 9.17) is 0 Å². The summed E-state index contributed by atoms with van der Waals surface area (Å²) in [7, 11) is 0. The van der Waals surface area contributed by atoms with Gasteiger partial charge in [0, 0.05) is 25.0 Å². The number of nitrogens with zero attached hydrogens (tertiary/aromatic N) is 1. The van der Waals surface area contributed by atoms with Crippen molar-refractivity contribution < 1.29 is 45.0 Å². The fourth-order valence-electron chi connectivity index (χ4n) is 5.50. The number of carbonyl (C=O) groups is 1. The van der Waals surface area contributed by atoms with Crippen LogP contribution in [0, 0.1) is 11.3 Å². The second-order valence-electron chi connectivity index (χ2n) is 11.7. The molecule has 222 valence electrons. The second kappa shape index (κ2) is 11.7. The summed E-state index contributed by atoms with van der Waals surface area (Å²) in [5.74, 6) is -6.51. The molecule has 1 N–H and O–H groups in total. The molecule has 1 aliphatic heterocycles. The van der Waals surface area contributed by atoms with E-state index in [0.29, 0.717) is 24.8 Å². The monoisotopic (exact) mass is 579 g/mol. The smallest absolute Gasteiger partial charge is 0.416 e. The number of carboxylic acids is 1. The molecule has 2 aromatic rings. The van der Waals surface area contributed by atoms with E-state index in [1.165, 1.54) is 12.1 Å². The minimum atomic E-state index is -4.63. The van der Waals surface area contributed by atoms with E-state index in [9.17, 15) is 36.2 Å². The summed E-state index contributed by atoms with van der Waals surface area (Å²) in [4.78, 5) is 13.4. The van der Waals surface area contributed by atoms with E-state index in [-0.39, 0.29) is 17.5 Å². The molecule has 3 atom stereocenters. The number of aliphatic carboxylic acids is 1. The number of rotatable bonds is 8. The molecule has 1 heterocycles. The van der Waals surface area contributed by atoms with Gasteiger partial charge in [-0.1, -0.05) is 45.0 Å². The summed E-state index contributed by atoms with van der Waals surface area (Å²) in [6, 6.07) is 6.96. The molecule has 3 nitrogen and oxygen atoms in total. The molecule has 1 fully saturated rings. The van der Waals surface area contributed by atoms with Crippen LogP contribution in [0.2, 0.25) is 0 Å². The highest BCUT2D eigenvalue weighted by Gasteiger charge is 2.52. The van der Waals surface area contributed by atoms with E-state index in [2.05, 4.69) is 0 Å². The Balaban J connectivity index is 2.01. The predicted molar refractivity (Wildman–Crippen MR) is 134 cm³/mol. The van der Waals surface area contributed by atoms with Crippen LogP contribution in [-0.2, 0) is 23.6 Å². The Hall–Kier alpha value is -2.69. The lowest BCUT2D eigenvalue weighted by Gasteiger charge is -2.49. The standard InChI is InChI=1S/C29H33F8NO2/c1-26(2,3)17-22(13-6-18-4-9-20(10-5-18)28(32,33)34)38-15-14-27(30,31)23(16-24(39)40)25(38)19-7-11-21(12-8-19)29(35,36)37/h4-5,7-12,22-23,25H,6,13-17H2,1-3H3,(H,39,40)/t22-,23-,25-/m1/s1. The number of carboxylic acid groups (broad SMARTS) is 1. The average Bonchev–Trinajstić information content (AvgIpc) is 2.81. The van der Waals surface area contributed by atoms with E-state index >= 15 is 8.78 Å². The third-order valence-electron chi connectivity index (χ3n) is 7.32. The van der Waals surface area contributed by atoms with Gasteiger partial charge in [0.25, 0.3) is 5.92 Å². The van der Waals surface area contributed by atoms with E-state index in [0.717, 1.165) is 36.4 Å². The summed E-state index contributed by atoms with van der Waals surface area (Å²) in [5.41, 5.74) is -1.28. The Kier molecular flexibility index (Phi) is 9.28. The second-order valence-corrected chi connectivity index (χ2v) is 11.7. The van der Waals surface area contributed by atoms with Crippen molar-refractivity contribution in [1.82, 2.24) is 4.90 Å². The Labute approximate surface area is 228 Å². The van der Waals surface area contributed by atoms with Gasteiger partial charge in [-0.15, -0.1) is 0 Å². The number of hydrogen-bond donors (Lipinski definition) is 1. The Morgan fingerprint density at radius 3 is 1.88 bits per heavy atom. The zero-order chi connectivity index (χ0) is 30.1. The normalized spacial score (nSPS) is 21.3. The molecule has 0 amide bonds. The Bertz CT molecular complexity index is 1140. The fourth-order valence-corrected chi connectivity index (χ4v) is 5.50. The highest BCUT2D eigenvalue weighted by Crippen LogP contribution is 2.49. The van der Waals surface area contributed by atoms with Gasteiger partial charge in [0.2, 0.25) is 0 Å². The van der Waals surface area contributed by atoms with Gasteiger partial charge in [-0.25, -0.2) is 8.78 Å². The summed E-state index contributed by atoms with van der Waals surface area (Å²) in [6.45, 7) is 5.71. The first-order chi connectivity index (χ1) is 18.3. The van der Waals surface area contributed by atoms with Crippen LogP contribution in [0.3, 0.4) is 0 Å². The lowest BCUT2D eigenvalue weighted by molar-refractivity contribution is -0.163. The molecule has 0 aliphatic carbocycles. The number of benzene rings is 2. The van der Waals surface area contributed by atoms with E-state index in [1.807, 2.05) is 20.8 Å². The molecule has 2 aromatic carbocycles. The number of aryl methyl sites for hydroxylation is 1. The summed E-state index contributed by atoms with van der Waals surface area (Å²) < 4.78 is 109. The van der Waals surface area contributed by atoms with Crippen LogP contribution in [0.25, 0.3) is 0 Å². The predicted octanol–water partition coefficient (Wildman–Crippen LogP) is 8.63. The number of hydrogen-bond acceptors (Lipinski definition) is 2. The van der Waals surface area contributed by atoms with Gasteiger partial charge < -0.3 is 5.11 Å². The maximum absolute atomic E-state index is 15.2. The molecular weight excluding hydrogens is 546 g/mol. The van der Waals surface area contributed by atoms with Gasteiger partial charge in [-0.2, -0.15) is 26.3 Å². The molecule has 0 unspecified atom stereocenters. The lowest BCUT2D eigenvalue weighted by Crippen LogP contribution is -2.54. The quantitative estimate of drug-likeness (QED) is 0.318. The largest absolute Gasteiger partial charge is 0.481 e. The number of halogens is 8. The first-order valence-corrected chi connectivity index (χ1v) is 13.0. The summed E-state index contributed by atoms with van der Waals surface area (Å²) in [5, 5.41) is 9.48. The summed E-state index contributed by atoms with van der Waals surface area (Å²) in [6.07, 6.45) is -9.44. The van der Waals surface area contributed by atoms with Gasteiger partial charge in [0.05, 0.1) is 23.5 Å². The molecular formula is C29H33F8NO2. The molecule has 0 aromatic heterocycles. The third-order valence-corrected chi connectivity index (χ3v) is 7.32. The van der Waals surface area contributed by atoms with Crippen LogP contribution in [0.15, 0.2) is 48.5 Å². The van der Waals surface area contributed by atoms with Crippen LogP contribution >= 0.6 is 0 Å². The minimum absolute atomic E-state index is 0.122. The molecule has 11 heteroatoms. The molecule has 40 heavy (non-hydrogen) atoms. The molecule has 0 radical (unpaired) electrons. The van der Waals surface area contributed by atoms with Gasteiger partial charge >= 0.3 is 18.3 Å². The van der Waals surface area contributed by atoms with Crippen molar-refractivity contribution in [3.63, 3.8) is 0 Å². The fraction of sp³-hybridized carbons (Fsp3) is 0.552. The number of alkyl halides is 8. The van der Waals surface area contributed by atoms with Crippen molar-refractivity contribution in [2.24, 2.45) is 11.3 Å². The number of piperidine rings is 1. The van der Waals surface area contributed by atoms with Crippen molar-refractivity contribution >= 4 is 5.97 Å². The van der Waals surface area contributed by atoms with Crippen molar-refractivity contribution in [3.05, 3.63) is 70.8 Å². The maximum Gasteiger partial charge on any atom is 0.416 e. The maximum atomic E-state index is 15.2. The highest BCUT2D eigenvalue weighted by atomic mass is 19.4. The zero-order valence-corrected chi connectivity index (χ0v) is 22.4. The van der Waals surface area contributed by atoms with Crippen molar-refractivity contribution in [1.29, 1.82) is 0 Å². The highest BCUT2D eigenvalue weighted by molar-refractivity contribution is 5.67. The van der Waals surface area contributed by atoms with Crippen LogP contribution in [0.5, 0.6) is 0 Å². The van der Waals surface area contributed by atoms with E-state index < -0.39 is 66.2 Å². The van der Waals surface area contributed by atoms with Crippen molar-refractivity contribution in [2.75, 3.05) is 6.54 Å². The van der Waals surface area contributed by atoms with Crippen LogP contribution in [0.4, 0.5) is 35.1 Å². The van der Waals surface area contributed by atoms with Gasteiger partial charge in [-0.3, -0.25) is 9.69 Å². The van der Waals surface area contributed by atoms with Gasteiger partial charge in [-0.05, 0) is 60.1 Å². The number of likely N-dealkylation sites (tertiary alicyclic amines) is 1. The Morgan fingerprint density at radius 1 is 0.925 bits per heavy atom. The minimum Gasteiger partial charge on any atom is -0.481 e. The Morgan fingerprint density at radius 2 is 1.43 bits per heavy atom.